The number of hydrogen-bond acceptors (Lipinski definition) is 2. The Kier molecular flexibility index (Phi) is 5.15. The number of benzene rings is 1. The van der Waals surface area contributed by atoms with Gasteiger partial charge >= 0.3 is 0 Å². The molecule has 0 saturated carbocycles. The molecule has 0 aliphatic heterocycles. The van der Waals surface area contributed by atoms with Crippen molar-refractivity contribution in [3.63, 3.8) is 0 Å². The Labute approximate surface area is 135 Å². The van der Waals surface area contributed by atoms with Crippen LogP contribution < -0.4 is 0 Å². The van der Waals surface area contributed by atoms with Crippen molar-refractivity contribution in [1.82, 2.24) is 0 Å². The van der Waals surface area contributed by atoms with Crippen LogP contribution in [0.2, 0.25) is 9.36 Å². The maximum absolute atomic E-state index is 12.1. The highest BCUT2D eigenvalue weighted by molar-refractivity contribution is 7.18. The third-order valence-corrected chi connectivity index (χ3v) is 5.09. The van der Waals surface area contributed by atoms with E-state index >= 15 is 0 Å². The molecule has 0 unspecified atom stereocenters. The number of hydrogen-bond donors (Lipinski definition) is 0. The third kappa shape index (κ3) is 3.65. The molecule has 6 heteroatoms. The van der Waals surface area contributed by atoms with Crippen LogP contribution >= 0.6 is 57.7 Å². The lowest BCUT2D eigenvalue weighted by atomic mass is 10.1. The largest absolute Gasteiger partial charge is 0.292 e. The second-order valence-corrected chi connectivity index (χ2v) is 6.91. The van der Waals surface area contributed by atoms with Crippen molar-refractivity contribution >= 4 is 63.5 Å². The van der Waals surface area contributed by atoms with Crippen molar-refractivity contribution in [2.45, 2.75) is 10.8 Å². The lowest BCUT2D eigenvalue weighted by Gasteiger charge is -2.14. The zero-order chi connectivity index (χ0) is 14.0. The molecule has 1 aromatic heterocycles. The van der Waals surface area contributed by atoms with Crippen molar-refractivity contribution in [3.8, 4) is 0 Å². The van der Waals surface area contributed by atoms with Crippen molar-refractivity contribution in [2.75, 3.05) is 0 Å². The molecule has 1 heterocycles. The fourth-order valence-electron chi connectivity index (χ4n) is 1.53. The monoisotopic (exact) mass is 352 g/mol. The second kappa shape index (κ2) is 6.47. The maximum atomic E-state index is 12.1. The van der Waals surface area contributed by atoms with Gasteiger partial charge in [0.15, 0.2) is 5.78 Å². The first-order chi connectivity index (χ1) is 8.99. The van der Waals surface area contributed by atoms with Crippen molar-refractivity contribution in [2.24, 2.45) is 0 Å². The average molecular weight is 354 g/mol. The minimum atomic E-state index is -0.849. The minimum Gasteiger partial charge on any atom is -0.292 e. The van der Waals surface area contributed by atoms with Crippen molar-refractivity contribution in [3.05, 3.63) is 56.2 Å². The molecular formula is C13H8Cl4OS. The molecule has 0 N–H and O–H groups in total. The Morgan fingerprint density at radius 1 is 1.00 bits per heavy atom. The van der Waals surface area contributed by atoms with E-state index in [1.165, 1.54) is 11.3 Å². The number of alkyl halides is 2. The highest BCUT2D eigenvalue weighted by Crippen LogP contribution is 2.33. The van der Waals surface area contributed by atoms with Gasteiger partial charge in [-0.2, -0.15) is 0 Å². The standard InChI is InChI=1S/C13H8Cl4OS/c14-8-3-1-7(2-4-8)11(16)12(17)13(18)9-5-6-10(15)19-9/h1-6,11-12H/t11-,12+/m0/s1. The molecule has 0 amide bonds. The van der Waals surface area contributed by atoms with Gasteiger partial charge in [-0.05, 0) is 29.8 Å². The molecule has 0 aliphatic rings. The molecule has 0 fully saturated rings. The molecule has 0 radical (unpaired) electrons. The first-order valence-electron chi connectivity index (χ1n) is 5.32. The zero-order valence-electron chi connectivity index (χ0n) is 9.45. The summed E-state index contributed by atoms with van der Waals surface area (Å²) >= 11 is 25.2. The second-order valence-electron chi connectivity index (χ2n) is 3.82. The summed E-state index contributed by atoms with van der Waals surface area (Å²) < 4.78 is 0.546. The van der Waals surface area contributed by atoms with Crippen LogP contribution in [0.25, 0.3) is 0 Å². The van der Waals surface area contributed by atoms with Gasteiger partial charge in [0.2, 0.25) is 0 Å². The van der Waals surface area contributed by atoms with E-state index in [0.717, 1.165) is 5.56 Å². The van der Waals surface area contributed by atoms with Gasteiger partial charge in [0.05, 0.1) is 14.6 Å². The van der Waals surface area contributed by atoms with Crippen LogP contribution in [0, 0.1) is 0 Å². The van der Waals surface area contributed by atoms with Gasteiger partial charge < -0.3 is 0 Å². The molecule has 2 rings (SSSR count). The summed E-state index contributed by atoms with van der Waals surface area (Å²) in [4.78, 5) is 12.7. The SMILES string of the molecule is O=C(c1ccc(Cl)s1)[C@H](Cl)[C@@H](Cl)c1ccc(Cl)cc1. The average Bonchev–Trinajstić information content (AvgIpc) is 2.84. The summed E-state index contributed by atoms with van der Waals surface area (Å²) in [7, 11) is 0. The summed E-state index contributed by atoms with van der Waals surface area (Å²) in [5, 5.41) is -0.861. The fraction of sp³-hybridized carbons (Fsp3) is 0.154. The summed E-state index contributed by atoms with van der Waals surface area (Å²) in [5.74, 6) is -0.228. The summed E-state index contributed by atoms with van der Waals surface area (Å²) in [6.45, 7) is 0. The van der Waals surface area contributed by atoms with Gasteiger partial charge in [0, 0.05) is 5.02 Å². The van der Waals surface area contributed by atoms with Crippen molar-refractivity contribution < 1.29 is 4.79 Å². The molecule has 1 nitrogen and oxygen atoms in total. The zero-order valence-corrected chi connectivity index (χ0v) is 13.3. The summed E-state index contributed by atoms with van der Waals surface area (Å²) in [6, 6.07) is 10.2. The quantitative estimate of drug-likeness (QED) is 0.499. The maximum Gasteiger partial charge on any atom is 0.192 e. The highest BCUT2D eigenvalue weighted by Gasteiger charge is 2.27. The van der Waals surface area contributed by atoms with Crippen LogP contribution in [0.4, 0.5) is 0 Å². The summed E-state index contributed by atoms with van der Waals surface area (Å²) in [6.07, 6.45) is 0. The number of carbonyl (C=O) groups excluding carboxylic acids is 1. The van der Waals surface area contributed by atoms with Crippen LogP contribution in [0.1, 0.15) is 20.6 Å². The van der Waals surface area contributed by atoms with Gasteiger partial charge in [-0.1, -0.05) is 35.3 Å². The number of thiophene rings is 1. The molecule has 0 aliphatic carbocycles. The number of carbonyl (C=O) groups is 1. The normalized spacial score (nSPS) is 14.1. The molecule has 19 heavy (non-hydrogen) atoms. The van der Waals surface area contributed by atoms with E-state index in [2.05, 4.69) is 0 Å². The Morgan fingerprint density at radius 3 is 2.16 bits per heavy atom. The van der Waals surface area contributed by atoms with E-state index in [0.29, 0.717) is 14.2 Å². The Hall–Kier alpha value is -0.250. The molecule has 1 aromatic carbocycles. The molecule has 0 bridgehead atoms. The van der Waals surface area contributed by atoms with Crippen LogP contribution in [0.15, 0.2) is 36.4 Å². The Bertz CT molecular complexity index is 579. The lowest BCUT2D eigenvalue weighted by Crippen LogP contribution is -2.19. The van der Waals surface area contributed by atoms with Crippen LogP contribution in [0.3, 0.4) is 0 Å². The van der Waals surface area contributed by atoms with Gasteiger partial charge in [-0.25, -0.2) is 0 Å². The van der Waals surface area contributed by atoms with Gasteiger partial charge in [-0.3, -0.25) is 4.79 Å². The number of halogens is 4. The van der Waals surface area contributed by atoms with Crippen molar-refractivity contribution in [1.29, 1.82) is 0 Å². The Morgan fingerprint density at radius 2 is 1.63 bits per heavy atom. The van der Waals surface area contributed by atoms with E-state index in [1.54, 1.807) is 36.4 Å². The predicted molar refractivity (Wildman–Crippen MR) is 83.3 cm³/mol. The molecule has 2 atom stereocenters. The molecule has 2 aromatic rings. The predicted octanol–water partition coefficient (Wildman–Crippen LogP) is 5.83. The van der Waals surface area contributed by atoms with Gasteiger partial charge in [0.25, 0.3) is 0 Å². The molecule has 100 valence electrons. The third-order valence-electron chi connectivity index (χ3n) is 2.51. The molecular weight excluding hydrogens is 346 g/mol. The van der Waals surface area contributed by atoms with Crippen LogP contribution in [-0.4, -0.2) is 11.2 Å². The number of ketones is 1. The summed E-state index contributed by atoms with van der Waals surface area (Å²) in [5.41, 5.74) is 0.752. The van der Waals surface area contributed by atoms with Gasteiger partial charge in [0.1, 0.15) is 5.38 Å². The number of rotatable bonds is 4. The van der Waals surface area contributed by atoms with E-state index < -0.39 is 10.8 Å². The van der Waals surface area contributed by atoms with E-state index in [9.17, 15) is 4.79 Å². The van der Waals surface area contributed by atoms with Crippen LogP contribution in [0.5, 0.6) is 0 Å². The first-order valence-corrected chi connectivity index (χ1v) is 7.76. The molecule has 0 saturated heterocycles. The smallest absolute Gasteiger partial charge is 0.192 e. The number of Topliss-reactive ketones (excluding diaryl/α,β-unsaturated/α-hetero) is 1. The van der Waals surface area contributed by atoms with E-state index in [-0.39, 0.29) is 5.78 Å². The highest BCUT2D eigenvalue weighted by atomic mass is 35.5. The fourth-order valence-corrected chi connectivity index (χ4v) is 3.27. The van der Waals surface area contributed by atoms with E-state index in [1.807, 2.05) is 0 Å². The van der Waals surface area contributed by atoms with Gasteiger partial charge in [-0.15, -0.1) is 34.5 Å². The van der Waals surface area contributed by atoms with Crippen LogP contribution in [-0.2, 0) is 0 Å². The Balaban J connectivity index is 2.16. The first kappa shape index (κ1) is 15.1. The lowest BCUT2D eigenvalue weighted by molar-refractivity contribution is 0.0989. The molecule has 0 spiro atoms. The topological polar surface area (TPSA) is 17.1 Å². The minimum absolute atomic E-state index is 0.228. The van der Waals surface area contributed by atoms with E-state index in [4.69, 9.17) is 46.4 Å².